The van der Waals surface area contributed by atoms with Crippen LogP contribution in [0.15, 0.2) is 58.0 Å². The van der Waals surface area contributed by atoms with Crippen molar-refractivity contribution in [1.29, 1.82) is 0 Å². The van der Waals surface area contributed by atoms with Gasteiger partial charge < -0.3 is 24.6 Å². The van der Waals surface area contributed by atoms with Gasteiger partial charge in [-0.2, -0.15) is 4.57 Å². The molecule has 9 heteroatoms. The van der Waals surface area contributed by atoms with E-state index in [0.717, 1.165) is 54.3 Å². The number of aliphatic hydroxyl groups is 1. The standard InChI is InChI=1S/C26H28N2O5S2/c1-4-17(14-25-28(11-12-29)21-15-18(32-2)6-8-22(21)34-25)13-24-27(10-9-26(30)31)20-7-5-19(33-3)16-23(20)35-24/h5-8,13-16,29H,4,9-12H2,1-3H3/p+1. The van der Waals surface area contributed by atoms with Gasteiger partial charge in [0.2, 0.25) is 5.52 Å². The van der Waals surface area contributed by atoms with Crippen LogP contribution < -0.4 is 18.9 Å². The Morgan fingerprint density at radius 1 is 1.14 bits per heavy atom. The van der Waals surface area contributed by atoms with Gasteiger partial charge in [0.25, 0.3) is 5.01 Å². The molecule has 2 N–H and O–H groups in total. The molecule has 184 valence electrons. The molecule has 0 spiro atoms. The summed E-state index contributed by atoms with van der Waals surface area (Å²) in [6.45, 7) is 3.01. The van der Waals surface area contributed by atoms with Gasteiger partial charge >= 0.3 is 5.97 Å². The van der Waals surface area contributed by atoms with Gasteiger partial charge in [0.15, 0.2) is 6.54 Å². The van der Waals surface area contributed by atoms with Crippen molar-refractivity contribution in [3.63, 3.8) is 0 Å². The van der Waals surface area contributed by atoms with E-state index in [1.165, 1.54) is 0 Å². The van der Waals surface area contributed by atoms with Crippen molar-refractivity contribution in [2.45, 2.75) is 31.2 Å². The number of carboxylic acids is 1. The van der Waals surface area contributed by atoms with E-state index in [1.54, 1.807) is 37.3 Å². The number of nitrogens with zero attached hydrogens (tertiary/aromatic N) is 2. The Hall–Kier alpha value is -3.01. The largest absolute Gasteiger partial charge is 0.497 e. The number of fused-ring (bicyclic) bond motifs is 2. The molecule has 0 radical (unpaired) electrons. The van der Waals surface area contributed by atoms with E-state index in [0.29, 0.717) is 13.1 Å². The molecule has 1 aliphatic rings. The van der Waals surface area contributed by atoms with E-state index >= 15 is 0 Å². The van der Waals surface area contributed by atoms with Crippen LogP contribution in [0.5, 0.6) is 11.5 Å². The van der Waals surface area contributed by atoms with Gasteiger partial charge in [-0.3, -0.25) is 4.79 Å². The van der Waals surface area contributed by atoms with Crippen molar-refractivity contribution < 1.29 is 29.0 Å². The van der Waals surface area contributed by atoms with E-state index in [2.05, 4.69) is 28.5 Å². The number of thioether (sulfide) groups is 1. The van der Waals surface area contributed by atoms with Crippen LogP contribution in [0.25, 0.3) is 16.3 Å². The summed E-state index contributed by atoms with van der Waals surface area (Å²) in [6, 6.07) is 11.8. The average molecular weight is 514 g/mol. The Kier molecular flexibility index (Phi) is 8.00. The van der Waals surface area contributed by atoms with Crippen LogP contribution in [0, 0.1) is 0 Å². The second-order valence-electron chi connectivity index (χ2n) is 7.94. The van der Waals surface area contributed by atoms with Gasteiger partial charge in [-0.25, -0.2) is 0 Å². The molecular weight excluding hydrogens is 484 g/mol. The normalized spacial score (nSPS) is 14.6. The van der Waals surface area contributed by atoms with Crippen molar-refractivity contribution in [1.82, 2.24) is 0 Å². The van der Waals surface area contributed by atoms with Crippen LogP contribution in [0.4, 0.5) is 5.69 Å². The van der Waals surface area contributed by atoms with Crippen LogP contribution >= 0.6 is 23.1 Å². The lowest BCUT2D eigenvalue weighted by Crippen LogP contribution is -2.36. The second kappa shape index (κ2) is 11.2. The number of hydrogen-bond donors (Lipinski definition) is 2. The molecule has 3 aromatic rings. The number of hydrogen-bond acceptors (Lipinski definition) is 7. The maximum atomic E-state index is 11.3. The first kappa shape index (κ1) is 25.1. The van der Waals surface area contributed by atoms with E-state index in [-0.39, 0.29) is 13.0 Å². The van der Waals surface area contributed by atoms with Crippen LogP contribution in [0.1, 0.15) is 24.8 Å². The highest BCUT2D eigenvalue weighted by molar-refractivity contribution is 8.03. The van der Waals surface area contributed by atoms with Crippen molar-refractivity contribution in [3.05, 3.63) is 58.1 Å². The van der Waals surface area contributed by atoms with E-state index in [9.17, 15) is 15.0 Å². The summed E-state index contributed by atoms with van der Waals surface area (Å²) >= 11 is 3.29. The predicted octanol–water partition coefficient (Wildman–Crippen LogP) is 4.92. The number of rotatable bonds is 10. The van der Waals surface area contributed by atoms with Crippen LogP contribution in [0.3, 0.4) is 0 Å². The van der Waals surface area contributed by atoms with Crippen LogP contribution in [-0.4, -0.2) is 43.6 Å². The molecule has 0 fully saturated rings. The highest BCUT2D eigenvalue weighted by atomic mass is 32.2. The molecule has 0 atom stereocenters. The molecule has 35 heavy (non-hydrogen) atoms. The number of aliphatic hydroxyl groups excluding tert-OH is 1. The highest BCUT2D eigenvalue weighted by Crippen LogP contribution is 2.47. The first-order valence-electron chi connectivity index (χ1n) is 11.4. The average Bonchev–Trinajstić information content (AvgIpc) is 3.38. The fourth-order valence-electron chi connectivity index (χ4n) is 3.97. The summed E-state index contributed by atoms with van der Waals surface area (Å²) in [7, 11) is 3.29. The molecule has 1 aliphatic heterocycles. The summed E-state index contributed by atoms with van der Waals surface area (Å²) in [6.07, 6.45) is 5.13. The SMILES string of the molecule is CCC(/C=C1\Sc2ccc(OC)cc2N1CCO)=C\c1sc2cc(OC)ccc2[n+]1CCC(=O)O. The maximum absolute atomic E-state index is 11.3. The van der Waals surface area contributed by atoms with Crippen molar-refractivity contribution in [3.8, 4) is 11.5 Å². The van der Waals surface area contributed by atoms with Crippen LogP contribution in [0.2, 0.25) is 0 Å². The summed E-state index contributed by atoms with van der Waals surface area (Å²) in [4.78, 5) is 14.5. The number of aryl methyl sites for hydroxylation is 1. The zero-order valence-corrected chi connectivity index (χ0v) is 21.6. The molecule has 2 aromatic carbocycles. The number of β-amino-alcohol motifs (C(OH)–C–C–N with tert-alkyl or cyclic N) is 1. The third-order valence-electron chi connectivity index (χ3n) is 5.77. The molecule has 2 heterocycles. The number of aromatic nitrogens is 1. The second-order valence-corrected chi connectivity index (χ2v) is 10.1. The number of benzene rings is 2. The zero-order chi connectivity index (χ0) is 24.9. The number of thiazole rings is 1. The highest BCUT2D eigenvalue weighted by Gasteiger charge is 2.26. The smallest absolute Gasteiger partial charge is 0.309 e. The summed E-state index contributed by atoms with van der Waals surface area (Å²) < 4.78 is 13.9. The number of methoxy groups -OCH3 is 2. The topological polar surface area (TPSA) is 83.1 Å². The number of carbonyl (C=O) groups is 1. The molecule has 1 aromatic heterocycles. The molecule has 0 unspecified atom stereocenters. The fourth-order valence-corrected chi connectivity index (χ4v) is 6.31. The molecule has 0 saturated carbocycles. The van der Waals surface area contributed by atoms with E-state index in [4.69, 9.17) is 9.47 Å². The number of carboxylic acid groups (broad SMARTS) is 1. The molecule has 0 aliphatic carbocycles. The summed E-state index contributed by atoms with van der Waals surface area (Å²) in [5.41, 5.74) is 3.12. The van der Waals surface area contributed by atoms with E-state index < -0.39 is 5.97 Å². The Morgan fingerprint density at radius 2 is 1.89 bits per heavy atom. The third-order valence-corrected chi connectivity index (χ3v) is 7.98. The molecule has 7 nitrogen and oxygen atoms in total. The fraction of sp³-hybridized carbons (Fsp3) is 0.308. The third kappa shape index (κ3) is 5.47. The van der Waals surface area contributed by atoms with Gasteiger partial charge in [-0.15, -0.1) is 0 Å². The first-order valence-corrected chi connectivity index (χ1v) is 13.0. The van der Waals surface area contributed by atoms with Crippen molar-refractivity contribution in [2.24, 2.45) is 0 Å². The van der Waals surface area contributed by atoms with Crippen molar-refractivity contribution in [2.75, 3.05) is 32.3 Å². The first-order chi connectivity index (χ1) is 17.0. The quantitative estimate of drug-likeness (QED) is 0.372. The minimum atomic E-state index is -0.826. The molecular formula is C26H29N2O5S2+. The number of ether oxygens (including phenoxy) is 2. The molecule has 4 rings (SSSR count). The summed E-state index contributed by atoms with van der Waals surface area (Å²) in [5.74, 6) is 0.723. The number of allylic oxidation sites excluding steroid dienone is 2. The Morgan fingerprint density at radius 3 is 2.57 bits per heavy atom. The molecule has 0 bridgehead atoms. The van der Waals surface area contributed by atoms with Gasteiger partial charge in [0.05, 0.1) is 31.5 Å². The van der Waals surface area contributed by atoms with E-state index in [1.807, 2.05) is 36.4 Å². The maximum Gasteiger partial charge on any atom is 0.309 e. The Bertz CT molecular complexity index is 1300. The van der Waals surface area contributed by atoms with Gasteiger partial charge in [0, 0.05) is 35.7 Å². The monoisotopic (exact) mass is 513 g/mol. The van der Waals surface area contributed by atoms with Gasteiger partial charge in [-0.1, -0.05) is 30.0 Å². The number of anilines is 1. The Balaban J connectivity index is 1.75. The van der Waals surface area contributed by atoms with Crippen molar-refractivity contribution >= 4 is 51.0 Å². The zero-order valence-electron chi connectivity index (χ0n) is 20.0. The van der Waals surface area contributed by atoms with Gasteiger partial charge in [0.1, 0.15) is 22.6 Å². The minimum absolute atomic E-state index is 0.0348. The van der Waals surface area contributed by atoms with Crippen LogP contribution in [-0.2, 0) is 11.3 Å². The molecule has 0 amide bonds. The summed E-state index contributed by atoms with van der Waals surface area (Å²) in [5, 5.41) is 21.0. The predicted molar refractivity (Wildman–Crippen MR) is 140 cm³/mol. The van der Waals surface area contributed by atoms with Gasteiger partial charge in [-0.05, 0) is 36.3 Å². The Labute approximate surface area is 212 Å². The number of aliphatic carboxylic acids is 1. The lowest BCUT2D eigenvalue weighted by Gasteiger charge is -2.20. The lowest BCUT2D eigenvalue weighted by atomic mass is 10.2. The lowest BCUT2D eigenvalue weighted by molar-refractivity contribution is -0.667. The minimum Gasteiger partial charge on any atom is -0.497 e. The molecule has 0 saturated heterocycles.